The van der Waals surface area contributed by atoms with Crippen LogP contribution in [0.1, 0.15) is 22.3 Å². The van der Waals surface area contributed by atoms with Gasteiger partial charge < -0.3 is 4.74 Å². The molecule has 0 fully saturated rings. The molecule has 0 saturated carbocycles. The Morgan fingerprint density at radius 1 is 0.531 bits per heavy atom. The molecule has 0 aliphatic heterocycles. The minimum atomic E-state index is -3.56. The van der Waals surface area contributed by atoms with Gasteiger partial charge in [-0.2, -0.15) is 9.98 Å². The highest BCUT2D eigenvalue weighted by atomic mass is 35.7. The van der Waals surface area contributed by atoms with Gasteiger partial charge in [0.05, 0.1) is 21.2 Å². The van der Waals surface area contributed by atoms with Gasteiger partial charge in [0.1, 0.15) is 11.5 Å². The SMILES string of the molecule is Cc1ccc(S(=O)(=O)Cl)cc1.Cc1cccc(C)c1N=C=O.Cc1ccccc1S(=O)(=O)Cl.O=C=Nc1ccc(Oc2ccccc2)cc1. The van der Waals surface area contributed by atoms with Gasteiger partial charge in [0, 0.05) is 21.4 Å². The van der Waals surface area contributed by atoms with E-state index < -0.39 is 18.1 Å². The molecule has 0 unspecified atom stereocenters. The van der Waals surface area contributed by atoms with Crippen LogP contribution in [-0.4, -0.2) is 29.0 Å². The number of hydrogen-bond acceptors (Lipinski definition) is 9. The van der Waals surface area contributed by atoms with Crippen LogP contribution >= 0.6 is 21.4 Å². The molecular formula is C36H32Cl2N2O7S2. The van der Waals surface area contributed by atoms with Crippen LogP contribution in [-0.2, 0) is 27.7 Å². The van der Waals surface area contributed by atoms with Crippen molar-refractivity contribution in [3.05, 3.63) is 144 Å². The summed E-state index contributed by atoms with van der Waals surface area (Å²) in [5, 5.41) is 0. The van der Waals surface area contributed by atoms with Crippen LogP contribution in [0.4, 0.5) is 11.4 Å². The summed E-state index contributed by atoms with van der Waals surface area (Å²) in [6, 6.07) is 35.1. The molecule has 5 aromatic rings. The van der Waals surface area contributed by atoms with Crippen molar-refractivity contribution in [2.45, 2.75) is 37.5 Å². The molecule has 0 aliphatic carbocycles. The monoisotopic (exact) mass is 738 g/mol. The zero-order chi connectivity index (χ0) is 36.5. The van der Waals surface area contributed by atoms with Crippen LogP contribution in [0.25, 0.3) is 0 Å². The second-order valence-corrected chi connectivity index (χ2v) is 15.1. The lowest BCUT2D eigenvalue weighted by Gasteiger charge is -2.04. The summed E-state index contributed by atoms with van der Waals surface area (Å²) < 4.78 is 48.6. The topological polar surface area (TPSA) is 136 Å². The van der Waals surface area contributed by atoms with Crippen LogP contribution in [0.3, 0.4) is 0 Å². The Kier molecular flexibility index (Phi) is 16.3. The molecule has 0 atom stereocenters. The predicted octanol–water partition coefficient (Wildman–Crippen LogP) is 9.56. The fourth-order valence-electron chi connectivity index (χ4n) is 3.82. The van der Waals surface area contributed by atoms with Crippen molar-refractivity contribution in [1.82, 2.24) is 0 Å². The van der Waals surface area contributed by atoms with Crippen LogP contribution < -0.4 is 4.74 Å². The highest BCUT2D eigenvalue weighted by Gasteiger charge is 2.11. The lowest BCUT2D eigenvalue weighted by molar-refractivity contribution is 0.483. The third-order valence-electron chi connectivity index (χ3n) is 6.25. The van der Waals surface area contributed by atoms with Gasteiger partial charge in [0.2, 0.25) is 12.2 Å². The molecule has 0 bridgehead atoms. The molecule has 49 heavy (non-hydrogen) atoms. The van der Waals surface area contributed by atoms with E-state index >= 15 is 0 Å². The maximum absolute atomic E-state index is 10.8. The largest absolute Gasteiger partial charge is 0.457 e. The highest BCUT2D eigenvalue weighted by molar-refractivity contribution is 8.14. The van der Waals surface area contributed by atoms with Crippen molar-refractivity contribution in [3.63, 3.8) is 0 Å². The van der Waals surface area contributed by atoms with Crippen LogP contribution in [0.2, 0.25) is 0 Å². The van der Waals surface area contributed by atoms with Crippen molar-refractivity contribution in [3.8, 4) is 11.5 Å². The summed E-state index contributed by atoms with van der Waals surface area (Å²) in [4.78, 5) is 27.4. The number of para-hydroxylation sites is 2. The van der Waals surface area contributed by atoms with Crippen LogP contribution in [0.15, 0.2) is 141 Å². The molecule has 0 heterocycles. The fraction of sp³-hybridized carbons (Fsp3) is 0.111. The molecule has 0 spiro atoms. The maximum Gasteiger partial charge on any atom is 0.261 e. The Bertz CT molecular complexity index is 2110. The first-order valence-corrected chi connectivity index (χ1v) is 18.8. The number of carbonyl (C=O) groups excluding carboxylic acids is 2. The van der Waals surface area contributed by atoms with Crippen molar-refractivity contribution >= 4 is 63.0 Å². The Morgan fingerprint density at radius 3 is 1.49 bits per heavy atom. The number of aryl methyl sites for hydroxylation is 4. The fourth-order valence-corrected chi connectivity index (χ4v) is 5.81. The van der Waals surface area contributed by atoms with Gasteiger partial charge in [-0.1, -0.05) is 72.3 Å². The first-order valence-electron chi connectivity index (χ1n) is 14.2. The molecule has 0 N–H and O–H groups in total. The Hall–Kier alpha value is -4.86. The number of nitrogens with zero attached hydrogens (tertiary/aromatic N) is 2. The van der Waals surface area contributed by atoms with E-state index in [0.29, 0.717) is 17.0 Å². The molecule has 0 aromatic heterocycles. The molecule has 0 aliphatic rings. The molecule has 5 aromatic carbocycles. The zero-order valence-corrected chi connectivity index (χ0v) is 30.0. The van der Waals surface area contributed by atoms with E-state index in [-0.39, 0.29) is 9.79 Å². The summed E-state index contributed by atoms with van der Waals surface area (Å²) in [7, 11) is 3.11. The zero-order valence-electron chi connectivity index (χ0n) is 26.9. The van der Waals surface area contributed by atoms with E-state index in [1.54, 1.807) is 67.6 Å². The van der Waals surface area contributed by atoms with Crippen molar-refractivity contribution in [1.29, 1.82) is 0 Å². The van der Waals surface area contributed by atoms with Gasteiger partial charge >= 0.3 is 0 Å². The van der Waals surface area contributed by atoms with Gasteiger partial charge in [-0.25, -0.2) is 26.4 Å². The van der Waals surface area contributed by atoms with Gasteiger partial charge in [-0.15, -0.1) is 0 Å². The van der Waals surface area contributed by atoms with Gasteiger partial charge in [-0.3, -0.25) is 0 Å². The van der Waals surface area contributed by atoms with E-state index in [0.717, 1.165) is 28.1 Å². The number of benzene rings is 5. The van der Waals surface area contributed by atoms with E-state index in [1.807, 2.05) is 69.3 Å². The number of isocyanates is 2. The molecule has 0 amide bonds. The molecule has 254 valence electrons. The molecular weight excluding hydrogens is 707 g/mol. The van der Waals surface area contributed by atoms with E-state index in [4.69, 9.17) is 26.1 Å². The number of halogens is 2. The van der Waals surface area contributed by atoms with Crippen LogP contribution in [0, 0.1) is 27.7 Å². The first kappa shape index (κ1) is 40.3. The molecule has 0 radical (unpaired) electrons. The van der Waals surface area contributed by atoms with Gasteiger partial charge in [0.15, 0.2) is 0 Å². The summed E-state index contributed by atoms with van der Waals surface area (Å²) in [6.45, 7) is 7.42. The lowest BCUT2D eigenvalue weighted by atomic mass is 10.1. The second-order valence-electron chi connectivity index (χ2n) is 10.0. The van der Waals surface area contributed by atoms with E-state index in [2.05, 4.69) is 9.98 Å². The van der Waals surface area contributed by atoms with E-state index in [1.165, 1.54) is 24.3 Å². The van der Waals surface area contributed by atoms with Gasteiger partial charge in [-0.05, 0) is 99.0 Å². The standard InChI is InChI=1S/C13H9NO2.C9H9NO.2C7H7ClO2S/c15-10-14-11-6-8-13(9-7-11)16-12-4-2-1-3-5-12;1-7-4-3-5-8(2)9(7)10-6-11;1-6-2-4-7(5-3-6)11(8,9)10;1-6-4-2-3-5-7(6)11(8,9)10/h1-9H;3-5H,1-2H3;2*2-5H,1H3. The number of ether oxygens (including phenoxy) is 1. The third kappa shape index (κ3) is 14.8. The third-order valence-corrected chi connectivity index (χ3v) is 9.10. The Labute approximate surface area is 295 Å². The first-order chi connectivity index (χ1) is 23.1. The average molecular weight is 740 g/mol. The number of rotatable bonds is 6. The average Bonchev–Trinajstić information content (AvgIpc) is 3.05. The second kappa shape index (κ2) is 19.8. The van der Waals surface area contributed by atoms with Gasteiger partial charge in [0.25, 0.3) is 18.1 Å². The van der Waals surface area contributed by atoms with E-state index in [9.17, 15) is 26.4 Å². The highest BCUT2D eigenvalue weighted by Crippen LogP contribution is 2.24. The minimum Gasteiger partial charge on any atom is -0.457 e. The minimum absolute atomic E-state index is 0.143. The number of hydrogen-bond donors (Lipinski definition) is 0. The lowest BCUT2D eigenvalue weighted by Crippen LogP contribution is -1.92. The summed E-state index contributed by atoms with van der Waals surface area (Å²) in [6.07, 6.45) is 3.03. The van der Waals surface area contributed by atoms with Crippen molar-refractivity contribution in [2.75, 3.05) is 0 Å². The maximum atomic E-state index is 10.8. The normalized spacial score (nSPS) is 10.2. The van der Waals surface area contributed by atoms with Crippen molar-refractivity contribution in [2.24, 2.45) is 9.98 Å². The summed E-state index contributed by atoms with van der Waals surface area (Å²) in [5.41, 5.74) is 5.00. The summed E-state index contributed by atoms with van der Waals surface area (Å²) in [5.74, 6) is 1.48. The molecule has 5 rings (SSSR count). The molecule has 13 heteroatoms. The Balaban J connectivity index is 0.000000231. The van der Waals surface area contributed by atoms with Crippen molar-refractivity contribution < 1.29 is 31.2 Å². The predicted molar refractivity (Wildman–Crippen MR) is 193 cm³/mol. The number of aliphatic imine (C=N–C) groups is 2. The summed E-state index contributed by atoms with van der Waals surface area (Å²) >= 11 is 0. The quantitative estimate of drug-likeness (QED) is 0.0961. The smallest absolute Gasteiger partial charge is 0.261 e. The molecule has 0 saturated heterocycles. The van der Waals surface area contributed by atoms with Crippen LogP contribution in [0.5, 0.6) is 11.5 Å². The Morgan fingerprint density at radius 2 is 1.02 bits per heavy atom. The molecule has 9 nitrogen and oxygen atoms in total.